The van der Waals surface area contributed by atoms with Crippen LogP contribution in [0.3, 0.4) is 0 Å². The standard InChI is InChI=1S/C17H16O3/c1-10(2)11-7-8-13-12(9-11)17(18)16-14(19-3)5-4-6-15(16)20-13/h4-10H,1-3H3. The molecule has 3 aromatic rings. The normalized spacial score (nSPS) is 11.4. The van der Waals surface area contributed by atoms with Gasteiger partial charge in [0.1, 0.15) is 22.3 Å². The molecular formula is C17H16O3. The second-order valence-electron chi connectivity index (χ2n) is 5.17. The Morgan fingerprint density at radius 3 is 2.60 bits per heavy atom. The van der Waals surface area contributed by atoms with E-state index in [0.29, 0.717) is 33.6 Å². The second kappa shape index (κ2) is 4.67. The summed E-state index contributed by atoms with van der Waals surface area (Å²) in [5, 5.41) is 1.11. The fourth-order valence-corrected chi connectivity index (χ4v) is 2.42. The van der Waals surface area contributed by atoms with Crippen molar-refractivity contribution < 1.29 is 9.15 Å². The van der Waals surface area contributed by atoms with E-state index in [1.807, 2.05) is 24.3 Å². The molecule has 3 rings (SSSR count). The quantitative estimate of drug-likeness (QED) is 0.657. The number of benzene rings is 2. The van der Waals surface area contributed by atoms with Crippen LogP contribution in [0.1, 0.15) is 25.3 Å². The number of ether oxygens (including phenoxy) is 1. The minimum absolute atomic E-state index is 0.0406. The molecule has 0 fully saturated rings. The van der Waals surface area contributed by atoms with Gasteiger partial charge in [0.15, 0.2) is 0 Å². The van der Waals surface area contributed by atoms with Gasteiger partial charge >= 0.3 is 0 Å². The van der Waals surface area contributed by atoms with Gasteiger partial charge in [-0.05, 0) is 35.7 Å². The summed E-state index contributed by atoms with van der Waals surface area (Å²) >= 11 is 0. The van der Waals surface area contributed by atoms with Crippen molar-refractivity contribution >= 4 is 21.9 Å². The molecule has 2 aromatic carbocycles. The molecule has 20 heavy (non-hydrogen) atoms. The molecule has 0 bridgehead atoms. The van der Waals surface area contributed by atoms with E-state index >= 15 is 0 Å². The number of hydrogen-bond donors (Lipinski definition) is 0. The Hall–Kier alpha value is -2.29. The highest BCUT2D eigenvalue weighted by Crippen LogP contribution is 2.27. The minimum atomic E-state index is -0.0406. The van der Waals surface area contributed by atoms with E-state index in [1.54, 1.807) is 19.2 Å². The maximum atomic E-state index is 12.7. The summed E-state index contributed by atoms with van der Waals surface area (Å²) < 4.78 is 11.1. The van der Waals surface area contributed by atoms with Crippen molar-refractivity contribution in [3.63, 3.8) is 0 Å². The molecule has 0 atom stereocenters. The molecule has 0 aliphatic rings. The van der Waals surface area contributed by atoms with E-state index in [9.17, 15) is 4.79 Å². The molecule has 0 unspecified atom stereocenters. The molecule has 0 saturated carbocycles. The largest absolute Gasteiger partial charge is 0.496 e. The van der Waals surface area contributed by atoms with E-state index in [4.69, 9.17) is 9.15 Å². The van der Waals surface area contributed by atoms with Crippen molar-refractivity contribution in [1.29, 1.82) is 0 Å². The first-order valence-electron chi connectivity index (χ1n) is 6.65. The van der Waals surface area contributed by atoms with Crippen LogP contribution in [0, 0.1) is 0 Å². The third-order valence-electron chi connectivity index (χ3n) is 3.57. The molecular weight excluding hydrogens is 252 g/mol. The van der Waals surface area contributed by atoms with Crippen LogP contribution in [0.5, 0.6) is 5.75 Å². The summed E-state index contributed by atoms with van der Waals surface area (Å²) in [6.07, 6.45) is 0. The maximum Gasteiger partial charge on any atom is 0.204 e. The van der Waals surface area contributed by atoms with Gasteiger partial charge in [-0.15, -0.1) is 0 Å². The van der Waals surface area contributed by atoms with Crippen molar-refractivity contribution in [2.24, 2.45) is 0 Å². The van der Waals surface area contributed by atoms with E-state index in [2.05, 4.69) is 13.8 Å². The molecule has 0 amide bonds. The van der Waals surface area contributed by atoms with E-state index in [-0.39, 0.29) is 5.43 Å². The summed E-state index contributed by atoms with van der Waals surface area (Å²) in [4.78, 5) is 12.7. The first kappa shape index (κ1) is 12.7. The molecule has 1 heterocycles. The zero-order valence-electron chi connectivity index (χ0n) is 11.8. The first-order chi connectivity index (χ1) is 9.61. The highest BCUT2D eigenvalue weighted by molar-refractivity contribution is 5.93. The Kier molecular flexibility index (Phi) is 2.97. The van der Waals surface area contributed by atoms with Gasteiger partial charge in [-0.1, -0.05) is 26.0 Å². The van der Waals surface area contributed by atoms with Crippen LogP contribution in [-0.4, -0.2) is 7.11 Å². The molecule has 3 nitrogen and oxygen atoms in total. The smallest absolute Gasteiger partial charge is 0.204 e. The summed E-state index contributed by atoms with van der Waals surface area (Å²) in [5.74, 6) is 0.917. The Bertz CT molecular complexity index is 844. The third-order valence-corrected chi connectivity index (χ3v) is 3.57. The average molecular weight is 268 g/mol. The summed E-state index contributed by atoms with van der Waals surface area (Å²) in [7, 11) is 1.56. The van der Waals surface area contributed by atoms with Crippen molar-refractivity contribution in [2.45, 2.75) is 19.8 Å². The molecule has 1 aromatic heterocycles. The van der Waals surface area contributed by atoms with E-state index in [1.165, 1.54) is 0 Å². The highest BCUT2D eigenvalue weighted by atomic mass is 16.5. The van der Waals surface area contributed by atoms with Crippen molar-refractivity contribution in [1.82, 2.24) is 0 Å². The number of methoxy groups -OCH3 is 1. The topological polar surface area (TPSA) is 39.4 Å². The molecule has 3 heteroatoms. The second-order valence-corrected chi connectivity index (χ2v) is 5.17. The van der Waals surface area contributed by atoms with Gasteiger partial charge in [0, 0.05) is 0 Å². The van der Waals surface area contributed by atoms with Crippen LogP contribution in [0.15, 0.2) is 45.6 Å². The van der Waals surface area contributed by atoms with Gasteiger partial charge in [0.05, 0.1) is 12.5 Å². The van der Waals surface area contributed by atoms with Gasteiger partial charge in [0.25, 0.3) is 0 Å². The molecule has 0 aliphatic carbocycles. The summed E-state index contributed by atoms with van der Waals surface area (Å²) in [6, 6.07) is 11.2. The number of hydrogen-bond acceptors (Lipinski definition) is 3. The molecule has 0 spiro atoms. The van der Waals surface area contributed by atoms with Crippen molar-refractivity contribution in [3.05, 3.63) is 52.2 Å². The lowest BCUT2D eigenvalue weighted by Gasteiger charge is -2.08. The molecule has 0 saturated heterocycles. The van der Waals surface area contributed by atoms with Crippen molar-refractivity contribution in [2.75, 3.05) is 7.11 Å². The first-order valence-corrected chi connectivity index (χ1v) is 6.65. The highest BCUT2D eigenvalue weighted by Gasteiger charge is 2.12. The van der Waals surface area contributed by atoms with Gasteiger partial charge in [-0.3, -0.25) is 4.79 Å². The fourth-order valence-electron chi connectivity index (χ4n) is 2.42. The predicted octanol–water partition coefficient (Wildman–Crippen LogP) is 4.08. The average Bonchev–Trinajstić information content (AvgIpc) is 2.46. The molecule has 102 valence electrons. The zero-order valence-corrected chi connectivity index (χ0v) is 11.8. The minimum Gasteiger partial charge on any atom is -0.496 e. The van der Waals surface area contributed by atoms with Crippen LogP contribution >= 0.6 is 0 Å². The fraction of sp³-hybridized carbons (Fsp3) is 0.235. The zero-order chi connectivity index (χ0) is 14.3. The lowest BCUT2D eigenvalue weighted by molar-refractivity contribution is 0.419. The Morgan fingerprint density at radius 2 is 1.90 bits per heavy atom. The van der Waals surface area contributed by atoms with Crippen LogP contribution in [0.2, 0.25) is 0 Å². The Balaban J connectivity index is 2.46. The lowest BCUT2D eigenvalue weighted by Crippen LogP contribution is -2.04. The molecule has 0 radical (unpaired) electrons. The monoisotopic (exact) mass is 268 g/mol. The number of fused-ring (bicyclic) bond motifs is 2. The van der Waals surface area contributed by atoms with Gasteiger partial charge < -0.3 is 9.15 Å². The Morgan fingerprint density at radius 1 is 1.10 bits per heavy atom. The van der Waals surface area contributed by atoms with Crippen LogP contribution in [0.25, 0.3) is 21.9 Å². The van der Waals surface area contributed by atoms with E-state index < -0.39 is 0 Å². The van der Waals surface area contributed by atoms with Gasteiger partial charge in [-0.2, -0.15) is 0 Å². The number of rotatable bonds is 2. The molecule has 0 aliphatic heterocycles. The lowest BCUT2D eigenvalue weighted by atomic mass is 10.0. The predicted molar refractivity (Wildman–Crippen MR) is 80.6 cm³/mol. The summed E-state index contributed by atoms with van der Waals surface area (Å²) in [5.41, 5.74) is 2.25. The third kappa shape index (κ3) is 1.86. The van der Waals surface area contributed by atoms with Crippen LogP contribution in [0.4, 0.5) is 0 Å². The van der Waals surface area contributed by atoms with Gasteiger partial charge in [-0.25, -0.2) is 0 Å². The SMILES string of the molecule is COc1cccc2oc3ccc(C(C)C)cc3c(=O)c12. The summed E-state index contributed by atoms with van der Waals surface area (Å²) in [6.45, 7) is 4.20. The Labute approximate surface area is 116 Å². The van der Waals surface area contributed by atoms with Crippen molar-refractivity contribution in [3.8, 4) is 5.75 Å². The van der Waals surface area contributed by atoms with E-state index in [0.717, 1.165) is 5.56 Å². The molecule has 0 N–H and O–H groups in total. The van der Waals surface area contributed by atoms with Crippen LogP contribution < -0.4 is 10.2 Å². The maximum absolute atomic E-state index is 12.7. The van der Waals surface area contributed by atoms with Crippen LogP contribution in [-0.2, 0) is 0 Å². The van der Waals surface area contributed by atoms with Gasteiger partial charge in [0.2, 0.25) is 5.43 Å².